The standard InChI is InChI=1S/C14H14BrNO3S/c1-9-7-11(15)3-5-13(9)19-12-4-6-14(10(2)8-12)20(16,17)18/h3-8H,1-2H3,(H2,16,17,18). The van der Waals surface area contributed by atoms with E-state index in [0.29, 0.717) is 11.3 Å². The van der Waals surface area contributed by atoms with E-state index in [4.69, 9.17) is 9.88 Å². The molecule has 0 fully saturated rings. The number of primary sulfonamides is 1. The first kappa shape index (κ1) is 15.0. The number of aryl methyl sites for hydroxylation is 2. The topological polar surface area (TPSA) is 69.4 Å². The summed E-state index contributed by atoms with van der Waals surface area (Å²) in [6.45, 7) is 3.62. The highest BCUT2D eigenvalue weighted by Gasteiger charge is 2.12. The molecule has 0 bridgehead atoms. The summed E-state index contributed by atoms with van der Waals surface area (Å²) in [5.74, 6) is 1.29. The van der Waals surface area contributed by atoms with Gasteiger partial charge >= 0.3 is 0 Å². The zero-order chi connectivity index (χ0) is 14.9. The van der Waals surface area contributed by atoms with Crippen LogP contribution in [0.15, 0.2) is 45.8 Å². The van der Waals surface area contributed by atoms with Crippen molar-refractivity contribution < 1.29 is 13.2 Å². The maximum atomic E-state index is 11.3. The number of halogens is 1. The molecule has 0 heterocycles. The van der Waals surface area contributed by atoms with E-state index in [9.17, 15) is 8.42 Å². The van der Waals surface area contributed by atoms with Gasteiger partial charge in [0.1, 0.15) is 11.5 Å². The van der Waals surface area contributed by atoms with Gasteiger partial charge in [-0.15, -0.1) is 0 Å². The van der Waals surface area contributed by atoms with Crippen LogP contribution in [0.4, 0.5) is 0 Å². The Labute approximate surface area is 126 Å². The molecule has 0 aromatic heterocycles. The summed E-state index contributed by atoms with van der Waals surface area (Å²) in [5.41, 5.74) is 1.53. The molecule has 20 heavy (non-hydrogen) atoms. The molecule has 0 saturated heterocycles. The van der Waals surface area contributed by atoms with Gasteiger partial charge in [0.25, 0.3) is 0 Å². The summed E-state index contributed by atoms with van der Waals surface area (Å²) in [5, 5.41) is 5.13. The van der Waals surface area contributed by atoms with Crippen molar-refractivity contribution in [3.8, 4) is 11.5 Å². The summed E-state index contributed by atoms with van der Waals surface area (Å²) < 4.78 is 29.4. The van der Waals surface area contributed by atoms with Gasteiger partial charge in [-0.2, -0.15) is 0 Å². The lowest BCUT2D eigenvalue weighted by Gasteiger charge is -2.11. The van der Waals surface area contributed by atoms with Gasteiger partial charge in [-0.05, 0) is 61.4 Å². The molecule has 0 aliphatic carbocycles. The van der Waals surface area contributed by atoms with Crippen LogP contribution in [0.2, 0.25) is 0 Å². The number of ether oxygens (including phenoxy) is 1. The van der Waals surface area contributed by atoms with Gasteiger partial charge in [-0.25, -0.2) is 13.6 Å². The van der Waals surface area contributed by atoms with E-state index in [0.717, 1.165) is 15.8 Å². The molecule has 0 amide bonds. The highest BCUT2D eigenvalue weighted by molar-refractivity contribution is 9.10. The minimum atomic E-state index is -3.70. The van der Waals surface area contributed by atoms with Crippen LogP contribution < -0.4 is 9.88 Å². The van der Waals surface area contributed by atoms with E-state index < -0.39 is 10.0 Å². The van der Waals surface area contributed by atoms with Crippen LogP contribution in [-0.4, -0.2) is 8.42 Å². The van der Waals surface area contributed by atoms with Gasteiger partial charge in [-0.3, -0.25) is 0 Å². The normalized spacial score (nSPS) is 11.4. The van der Waals surface area contributed by atoms with Crippen molar-refractivity contribution in [2.24, 2.45) is 5.14 Å². The molecule has 0 spiro atoms. The summed E-state index contributed by atoms with van der Waals surface area (Å²) >= 11 is 3.39. The predicted octanol–water partition coefficient (Wildman–Crippen LogP) is 3.51. The Balaban J connectivity index is 2.34. The van der Waals surface area contributed by atoms with Crippen LogP contribution in [0.5, 0.6) is 11.5 Å². The molecular weight excluding hydrogens is 342 g/mol. The van der Waals surface area contributed by atoms with Crippen LogP contribution in [0.25, 0.3) is 0 Å². The largest absolute Gasteiger partial charge is 0.457 e. The lowest BCUT2D eigenvalue weighted by atomic mass is 10.2. The summed E-state index contributed by atoms with van der Waals surface area (Å²) in [6.07, 6.45) is 0. The SMILES string of the molecule is Cc1cc(Br)ccc1Oc1ccc(S(N)(=O)=O)c(C)c1. The number of hydrogen-bond acceptors (Lipinski definition) is 3. The minimum Gasteiger partial charge on any atom is -0.457 e. The number of rotatable bonds is 3. The molecule has 0 radical (unpaired) electrons. The molecule has 4 nitrogen and oxygen atoms in total. The third kappa shape index (κ3) is 3.39. The van der Waals surface area contributed by atoms with Crippen LogP contribution in [0, 0.1) is 13.8 Å². The third-order valence-electron chi connectivity index (χ3n) is 2.82. The Bertz CT molecular complexity index is 757. The minimum absolute atomic E-state index is 0.109. The number of sulfonamides is 1. The fourth-order valence-corrected chi connectivity index (χ4v) is 3.10. The second-order valence-corrected chi connectivity index (χ2v) is 6.93. The Morgan fingerprint density at radius 2 is 1.75 bits per heavy atom. The highest BCUT2D eigenvalue weighted by atomic mass is 79.9. The van der Waals surface area contributed by atoms with Gasteiger partial charge in [0.05, 0.1) is 4.90 Å². The molecule has 6 heteroatoms. The molecule has 0 aliphatic heterocycles. The van der Waals surface area contributed by atoms with Gasteiger partial charge in [0.15, 0.2) is 0 Å². The Hall–Kier alpha value is -1.37. The van der Waals surface area contributed by atoms with Crippen molar-refractivity contribution >= 4 is 26.0 Å². The molecule has 2 aromatic rings. The Morgan fingerprint density at radius 3 is 2.30 bits per heavy atom. The molecule has 0 atom stereocenters. The van der Waals surface area contributed by atoms with E-state index in [2.05, 4.69) is 15.9 Å². The highest BCUT2D eigenvalue weighted by Crippen LogP contribution is 2.29. The van der Waals surface area contributed by atoms with Gasteiger partial charge < -0.3 is 4.74 Å². The second kappa shape index (κ2) is 5.55. The van der Waals surface area contributed by atoms with Crippen molar-refractivity contribution in [1.82, 2.24) is 0 Å². The Kier molecular flexibility index (Phi) is 4.17. The van der Waals surface area contributed by atoms with Crippen LogP contribution >= 0.6 is 15.9 Å². The lowest BCUT2D eigenvalue weighted by Crippen LogP contribution is -2.13. The first-order valence-electron chi connectivity index (χ1n) is 5.85. The molecule has 0 unspecified atom stereocenters. The first-order chi connectivity index (χ1) is 9.27. The fraction of sp³-hybridized carbons (Fsp3) is 0.143. The molecule has 2 rings (SSSR count). The first-order valence-corrected chi connectivity index (χ1v) is 8.19. The van der Waals surface area contributed by atoms with Crippen molar-refractivity contribution in [1.29, 1.82) is 0 Å². The van der Waals surface area contributed by atoms with E-state index in [1.165, 1.54) is 6.07 Å². The monoisotopic (exact) mass is 355 g/mol. The smallest absolute Gasteiger partial charge is 0.238 e. The van der Waals surface area contributed by atoms with Gasteiger partial charge in [-0.1, -0.05) is 15.9 Å². The molecule has 2 N–H and O–H groups in total. The van der Waals surface area contributed by atoms with Crippen LogP contribution in [0.1, 0.15) is 11.1 Å². The molecule has 0 aliphatic rings. The van der Waals surface area contributed by atoms with Crippen molar-refractivity contribution in [2.45, 2.75) is 18.7 Å². The second-order valence-electron chi connectivity index (χ2n) is 4.48. The maximum absolute atomic E-state index is 11.3. The third-order valence-corrected chi connectivity index (χ3v) is 4.38. The van der Waals surface area contributed by atoms with Gasteiger partial charge in [0, 0.05) is 4.47 Å². The average molecular weight is 356 g/mol. The summed E-state index contributed by atoms with van der Waals surface area (Å²) in [4.78, 5) is 0.109. The zero-order valence-corrected chi connectivity index (χ0v) is 13.5. The number of benzene rings is 2. The van der Waals surface area contributed by atoms with E-state index in [-0.39, 0.29) is 4.90 Å². The predicted molar refractivity (Wildman–Crippen MR) is 81.5 cm³/mol. The van der Waals surface area contributed by atoms with E-state index in [1.54, 1.807) is 19.1 Å². The van der Waals surface area contributed by atoms with Crippen molar-refractivity contribution in [2.75, 3.05) is 0 Å². The van der Waals surface area contributed by atoms with Gasteiger partial charge in [0.2, 0.25) is 10.0 Å². The fourth-order valence-electron chi connectivity index (χ4n) is 1.86. The van der Waals surface area contributed by atoms with E-state index >= 15 is 0 Å². The number of hydrogen-bond donors (Lipinski definition) is 1. The van der Waals surface area contributed by atoms with Crippen LogP contribution in [0.3, 0.4) is 0 Å². The molecule has 106 valence electrons. The quantitative estimate of drug-likeness (QED) is 0.915. The molecule has 0 saturated carbocycles. The molecular formula is C14H14BrNO3S. The molecule has 2 aromatic carbocycles. The Morgan fingerprint density at radius 1 is 1.05 bits per heavy atom. The number of nitrogens with two attached hydrogens (primary N) is 1. The van der Waals surface area contributed by atoms with Crippen LogP contribution in [-0.2, 0) is 10.0 Å². The summed E-state index contributed by atoms with van der Waals surface area (Å²) in [7, 11) is -3.70. The van der Waals surface area contributed by atoms with Crippen molar-refractivity contribution in [3.63, 3.8) is 0 Å². The van der Waals surface area contributed by atoms with E-state index in [1.807, 2.05) is 25.1 Å². The average Bonchev–Trinajstić information content (AvgIpc) is 2.31. The lowest BCUT2D eigenvalue weighted by molar-refractivity contribution is 0.478. The summed E-state index contributed by atoms with van der Waals surface area (Å²) in [6, 6.07) is 10.4. The maximum Gasteiger partial charge on any atom is 0.238 e. The van der Waals surface area contributed by atoms with Crippen molar-refractivity contribution in [3.05, 3.63) is 52.0 Å². The zero-order valence-electron chi connectivity index (χ0n) is 11.1.